The van der Waals surface area contributed by atoms with Gasteiger partial charge in [-0.2, -0.15) is 5.26 Å². The minimum atomic E-state index is -0.763. The van der Waals surface area contributed by atoms with E-state index in [9.17, 15) is 9.90 Å². The molecule has 1 N–H and O–H groups in total. The molecule has 0 spiro atoms. The van der Waals surface area contributed by atoms with Gasteiger partial charge in [-0.15, -0.1) is 10.2 Å². The van der Waals surface area contributed by atoms with Gasteiger partial charge in [-0.3, -0.25) is 0 Å². The number of ether oxygens (including phenoxy) is 1. The van der Waals surface area contributed by atoms with Crippen LogP contribution in [0.4, 0.5) is 5.69 Å². The van der Waals surface area contributed by atoms with E-state index in [-0.39, 0.29) is 18.1 Å². The largest absolute Gasteiger partial charge is 0.510 e. The number of carbonyl (C=O) groups is 1. The van der Waals surface area contributed by atoms with Crippen molar-refractivity contribution in [2.75, 3.05) is 6.61 Å². The molecule has 1 aromatic rings. The molecule has 1 aromatic carbocycles. The number of carbonyl (C=O) groups excluding carboxylic acids is 1. The zero-order chi connectivity index (χ0) is 14.3. The number of esters is 1. The van der Waals surface area contributed by atoms with Crippen LogP contribution in [0.15, 0.2) is 46.0 Å². The zero-order valence-electron chi connectivity index (χ0n) is 10.6. The Labute approximate surface area is 110 Å². The Kier molecular flexibility index (Phi) is 5.23. The van der Waals surface area contributed by atoms with Gasteiger partial charge >= 0.3 is 5.97 Å². The number of azo groups is 1. The summed E-state index contributed by atoms with van der Waals surface area (Å²) in [5.74, 6) is -1.06. The summed E-state index contributed by atoms with van der Waals surface area (Å²) in [5, 5.41) is 25.7. The molecule has 0 saturated heterocycles. The van der Waals surface area contributed by atoms with Gasteiger partial charge in [0.05, 0.1) is 12.2 Å². The van der Waals surface area contributed by atoms with Gasteiger partial charge in [0.2, 0.25) is 5.70 Å². The number of hydrogen-bond acceptors (Lipinski definition) is 6. The van der Waals surface area contributed by atoms with Gasteiger partial charge in [-0.05, 0) is 26.0 Å². The van der Waals surface area contributed by atoms with Crippen molar-refractivity contribution in [3.63, 3.8) is 0 Å². The minimum absolute atomic E-state index is 0.167. The number of nitrogens with zero attached hydrogens (tertiary/aromatic N) is 3. The number of benzene rings is 1. The quantitative estimate of drug-likeness (QED) is 0.389. The lowest BCUT2D eigenvalue weighted by molar-refractivity contribution is -0.138. The molecule has 0 atom stereocenters. The summed E-state index contributed by atoms with van der Waals surface area (Å²) in [6.45, 7) is 3.12. The summed E-state index contributed by atoms with van der Waals surface area (Å²) in [6, 6.07) is 8.49. The number of allylic oxidation sites excluding steroid dienone is 1. The number of rotatable bonds is 4. The second kappa shape index (κ2) is 6.91. The van der Waals surface area contributed by atoms with E-state index in [1.165, 1.54) is 6.92 Å². The van der Waals surface area contributed by atoms with Crippen LogP contribution in [0.3, 0.4) is 0 Å². The van der Waals surface area contributed by atoms with E-state index in [1.807, 2.05) is 6.07 Å². The summed E-state index contributed by atoms with van der Waals surface area (Å²) in [7, 11) is 0. The molecule has 6 nitrogen and oxygen atoms in total. The topological polar surface area (TPSA) is 95.0 Å². The summed E-state index contributed by atoms with van der Waals surface area (Å²) in [5.41, 5.74) is 0.354. The molecule has 0 amide bonds. The molecule has 0 heterocycles. The van der Waals surface area contributed by atoms with E-state index in [0.29, 0.717) is 11.3 Å². The zero-order valence-corrected chi connectivity index (χ0v) is 10.6. The summed E-state index contributed by atoms with van der Waals surface area (Å²) >= 11 is 0. The summed E-state index contributed by atoms with van der Waals surface area (Å²) < 4.78 is 4.73. The fourth-order valence-corrected chi connectivity index (χ4v) is 1.22. The maximum absolute atomic E-state index is 11.5. The standard InChI is InChI=1S/C13H13N3O3/c1-3-19-13(18)12(9(2)17)16-15-11-7-5-4-6-10(11)8-14/h4-7,17H,3H2,1-2H3/b12-9+,16-15?. The molecule has 1 rings (SSSR count). The molecule has 0 aliphatic heterocycles. The number of hydrogen-bond donors (Lipinski definition) is 1. The molecule has 0 aliphatic rings. The molecular weight excluding hydrogens is 246 g/mol. The van der Waals surface area contributed by atoms with Crippen LogP contribution in [-0.4, -0.2) is 17.7 Å². The SMILES string of the molecule is CCOC(=O)/C(N=Nc1ccccc1C#N)=C(/C)O. The molecule has 0 fully saturated rings. The molecule has 0 aliphatic carbocycles. The number of nitriles is 1. The molecule has 6 heteroatoms. The number of aliphatic hydroxyl groups is 1. The molecule has 0 bridgehead atoms. The second-order valence-electron chi connectivity index (χ2n) is 3.48. The van der Waals surface area contributed by atoms with Gasteiger partial charge in [0, 0.05) is 0 Å². The van der Waals surface area contributed by atoms with Crippen LogP contribution in [0.5, 0.6) is 0 Å². The molecule has 0 radical (unpaired) electrons. The smallest absolute Gasteiger partial charge is 0.362 e. The van der Waals surface area contributed by atoms with Crippen molar-refractivity contribution < 1.29 is 14.6 Å². The Bertz CT molecular complexity index is 567. The monoisotopic (exact) mass is 259 g/mol. The fraction of sp³-hybridized carbons (Fsp3) is 0.231. The normalized spacial score (nSPS) is 11.8. The lowest BCUT2D eigenvalue weighted by atomic mass is 10.2. The van der Waals surface area contributed by atoms with Crippen molar-refractivity contribution in [3.8, 4) is 6.07 Å². The number of aliphatic hydroxyl groups excluding tert-OH is 1. The van der Waals surface area contributed by atoms with E-state index < -0.39 is 5.97 Å². The molecule has 0 saturated carbocycles. The van der Waals surface area contributed by atoms with Crippen LogP contribution in [0.2, 0.25) is 0 Å². The highest BCUT2D eigenvalue weighted by atomic mass is 16.5. The van der Waals surface area contributed by atoms with Crippen LogP contribution in [0.1, 0.15) is 19.4 Å². The van der Waals surface area contributed by atoms with Crippen molar-refractivity contribution in [1.82, 2.24) is 0 Å². The van der Waals surface area contributed by atoms with Gasteiger partial charge in [-0.1, -0.05) is 12.1 Å². The first-order valence-electron chi connectivity index (χ1n) is 5.58. The predicted molar refractivity (Wildman–Crippen MR) is 67.6 cm³/mol. The maximum Gasteiger partial charge on any atom is 0.362 e. The third-order valence-electron chi connectivity index (χ3n) is 2.09. The molecule has 0 unspecified atom stereocenters. The van der Waals surface area contributed by atoms with Gasteiger partial charge < -0.3 is 9.84 Å². The molecular formula is C13H13N3O3. The van der Waals surface area contributed by atoms with Gasteiger partial charge in [0.15, 0.2) is 0 Å². The fourth-order valence-electron chi connectivity index (χ4n) is 1.22. The van der Waals surface area contributed by atoms with Crippen molar-refractivity contribution in [1.29, 1.82) is 5.26 Å². The molecule has 19 heavy (non-hydrogen) atoms. The van der Waals surface area contributed by atoms with Crippen LogP contribution in [-0.2, 0) is 9.53 Å². The lowest BCUT2D eigenvalue weighted by Gasteiger charge is -2.02. The Morgan fingerprint density at radius 3 is 2.74 bits per heavy atom. The highest BCUT2D eigenvalue weighted by molar-refractivity contribution is 5.88. The highest BCUT2D eigenvalue weighted by Crippen LogP contribution is 2.19. The maximum atomic E-state index is 11.5. The second-order valence-corrected chi connectivity index (χ2v) is 3.48. The summed E-state index contributed by atoms with van der Waals surface area (Å²) in [4.78, 5) is 11.5. The highest BCUT2D eigenvalue weighted by Gasteiger charge is 2.14. The van der Waals surface area contributed by atoms with E-state index in [4.69, 9.17) is 10.00 Å². The Hall–Kier alpha value is -2.68. The Balaban J connectivity index is 3.05. The van der Waals surface area contributed by atoms with Crippen LogP contribution < -0.4 is 0 Å². The third kappa shape index (κ3) is 3.92. The third-order valence-corrected chi connectivity index (χ3v) is 2.09. The van der Waals surface area contributed by atoms with Gasteiger partial charge in [0.25, 0.3) is 0 Å². The first-order valence-corrected chi connectivity index (χ1v) is 5.58. The Morgan fingerprint density at radius 1 is 1.47 bits per heavy atom. The Morgan fingerprint density at radius 2 is 2.16 bits per heavy atom. The van der Waals surface area contributed by atoms with E-state index in [0.717, 1.165) is 0 Å². The van der Waals surface area contributed by atoms with Crippen LogP contribution in [0.25, 0.3) is 0 Å². The van der Waals surface area contributed by atoms with Gasteiger partial charge in [-0.25, -0.2) is 4.79 Å². The van der Waals surface area contributed by atoms with Crippen LogP contribution >= 0.6 is 0 Å². The van der Waals surface area contributed by atoms with Crippen molar-refractivity contribution in [2.45, 2.75) is 13.8 Å². The van der Waals surface area contributed by atoms with Gasteiger partial charge in [0.1, 0.15) is 17.5 Å². The summed E-state index contributed by atoms with van der Waals surface area (Å²) in [6.07, 6.45) is 0. The van der Waals surface area contributed by atoms with Crippen molar-refractivity contribution >= 4 is 11.7 Å². The van der Waals surface area contributed by atoms with Crippen LogP contribution in [0, 0.1) is 11.3 Å². The predicted octanol–water partition coefficient (Wildman–Crippen LogP) is 2.99. The van der Waals surface area contributed by atoms with E-state index in [1.54, 1.807) is 31.2 Å². The van der Waals surface area contributed by atoms with Crippen molar-refractivity contribution in [3.05, 3.63) is 41.3 Å². The van der Waals surface area contributed by atoms with Crippen molar-refractivity contribution in [2.24, 2.45) is 10.2 Å². The first-order chi connectivity index (χ1) is 9.10. The minimum Gasteiger partial charge on any atom is -0.510 e. The average Bonchev–Trinajstić information content (AvgIpc) is 2.39. The average molecular weight is 259 g/mol. The molecule has 98 valence electrons. The lowest BCUT2D eigenvalue weighted by Crippen LogP contribution is -2.07. The first kappa shape index (κ1) is 14.4. The molecule has 0 aromatic heterocycles. The van der Waals surface area contributed by atoms with E-state index >= 15 is 0 Å². The van der Waals surface area contributed by atoms with E-state index in [2.05, 4.69) is 10.2 Å².